The Kier molecular flexibility index (Phi) is 3.92. The number of ether oxygens (including phenoxy) is 1. The Balaban J connectivity index is 2.64. The van der Waals surface area contributed by atoms with Crippen molar-refractivity contribution < 1.29 is 9.94 Å². The Labute approximate surface area is 82.7 Å². The van der Waals surface area contributed by atoms with Gasteiger partial charge in [-0.3, -0.25) is 0 Å². The third-order valence-electron chi connectivity index (χ3n) is 1.88. The fourth-order valence-corrected chi connectivity index (χ4v) is 1.04. The Hall–Kier alpha value is -1.57. The van der Waals surface area contributed by atoms with Crippen LogP contribution in [-0.2, 0) is 0 Å². The van der Waals surface area contributed by atoms with Crippen LogP contribution in [0.1, 0.15) is 18.5 Å². The second-order valence-corrected chi connectivity index (χ2v) is 2.87. The lowest BCUT2D eigenvalue weighted by atomic mass is 10.1. The lowest BCUT2D eigenvalue weighted by Crippen LogP contribution is -2.12. The molecule has 0 amide bonds. The summed E-state index contributed by atoms with van der Waals surface area (Å²) in [6.07, 6.45) is 0. The summed E-state index contributed by atoms with van der Waals surface area (Å²) in [6, 6.07) is 8.98. The second-order valence-electron chi connectivity index (χ2n) is 2.87. The number of nitrogens with zero attached hydrogens (tertiary/aromatic N) is 1. The van der Waals surface area contributed by atoms with E-state index in [-0.39, 0.29) is 12.6 Å². The molecule has 0 aromatic heterocycles. The van der Waals surface area contributed by atoms with Crippen molar-refractivity contribution in [2.75, 3.05) is 6.61 Å². The van der Waals surface area contributed by atoms with Gasteiger partial charge >= 0.3 is 0 Å². The quantitative estimate of drug-likeness (QED) is 0.711. The first-order valence-electron chi connectivity index (χ1n) is 4.27. The van der Waals surface area contributed by atoms with Crippen LogP contribution in [0.3, 0.4) is 0 Å². The van der Waals surface area contributed by atoms with E-state index in [0.717, 1.165) is 5.56 Å². The van der Waals surface area contributed by atoms with Gasteiger partial charge < -0.3 is 9.94 Å². The van der Waals surface area contributed by atoms with E-state index in [9.17, 15) is 0 Å². The maximum atomic E-state index is 8.67. The van der Waals surface area contributed by atoms with Gasteiger partial charge in [-0.25, -0.2) is 0 Å². The number of rotatable bonds is 4. The molecule has 0 aliphatic heterocycles. The molecular formula is C10H12N2O2. The zero-order chi connectivity index (χ0) is 10.4. The Morgan fingerprint density at radius 2 is 2.14 bits per heavy atom. The SMILES string of the molecule is CC(NO)c1ccc(OCC#N)cc1. The predicted octanol–water partition coefficient (Wildman–Crippen LogP) is 1.63. The van der Waals surface area contributed by atoms with Crippen LogP contribution in [0.25, 0.3) is 0 Å². The molecule has 1 aromatic carbocycles. The molecule has 0 radical (unpaired) electrons. The minimum Gasteiger partial charge on any atom is -0.479 e. The molecule has 1 rings (SSSR count). The van der Waals surface area contributed by atoms with Gasteiger partial charge in [-0.15, -0.1) is 0 Å². The Morgan fingerprint density at radius 3 is 2.64 bits per heavy atom. The number of hydroxylamine groups is 1. The lowest BCUT2D eigenvalue weighted by molar-refractivity contribution is 0.133. The minimum atomic E-state index is -0.111. The largest absolute Gasteiger partial charge is 0.479 e. The summed E-state index contributed by atoms with van der Waals surface area (Å²) in [5.41, 5.74) is 3.11. The summed E-state index contributed by atoms with van der Waals surface area (Å²) in [5, 5.41) is 17.0. The standard InChI is InChI=1S/C10H12N2O2/c1-8(12-13)9-2-4-10(5-3-9)14-7-6-11/h2-5,8,12-13H,7H2,1H3. The average molecular weight is 192 g/mol. The van der Waals surface area contributed by atoms with Gasteiger partial charge in [0.15, 0.2) is 6.61 Å². The van der Waals surface area contributed by atoms with Crippen molar-refractivity contribution in [1.29, 1.82) is 5.26 Å². The molecule has 4 nitrogen and oxygen atoms in total. The van der Waals surface area contributed by atoms with Gasteiger partial charge in [0.05, 0.1) is 6.04 Å². The molecular weight excluding hydrogens is 180 g/mol. The summed E-state index contributed by atoms with van der Waals surface area (Å²) in [6.45, 7) is 1.89. The minimum absolute atomic E-state index is 0.0488. The zero-order valence-corrected chi connectivity index (χ0v) is 7.90. The topological polar surface area (TPSA) is 65.3 Å². The monoisotopic (exact) mass is 192 g/mol. The van der Waals surface area contributed by atoms with E-state index < -0.39 is 0 Å². The summed E-state index contributed by atoms with van der Waals surface area (Å²) < 4.78 is 5.08. The number of nitriles is 1. The molecule has 2 N–H and O–H groups in total. The van der Waals surface area contributed by atoms with Crippen LogP contribution >= 0.6 is 0 Å². The van der Waals surface area contributed by atoms with Crippen LogP contribution in [0.5, 0.6) is 5.75 Å². The molecule has 0 spiro atoms. The first-order valence-corrected chi connectivity index (χ1v) is 4.27. The van der Waals surface area contributed by atoms with Crippen LogP contribution in [0.4, 0.5) is 0 Å². The molecule has 0 saturated heterocycles. The Morgan fingerprint density at radius 1 is 1.50 bits per heavy atom. The fraction of sp³-hybridized carbons (Fsp3) is 0.300. The molecule has 0 aliphatic carbocycles. The van der Waals surface area contributed by atoms with Gasteiger partial charge in [0.1, 0.15) is 11.8 Å². The normalized spacial score (nSPS) is 11.8. The van der Waals surface area contributed by atoms with Crippen molar-refractivity contribution in [3.8, 4) is 11.8 Å². The fourth-order valence-electron chi connectivity index (χ4n) is 1.04. The number of hydrogen-bond acceptors (Lipinski definition) is 4. The average Bonchev–Trinajstić information content (AvgIpc) is 2.26. The van der Waals surface area contributed by atoms with Crippen molar-refractivity contribution >= 4 is 0 Å². The molecule has 1 unspecified atom stereocenters. The molecule has 0 bridgehead atoms. The van der Waals surface area contributed by atoms with Gasteiger partial charge in [-0.2, -0.15) is 10.7 Å². The van der Waals surface area contributed by atoms with E-state index >= 15 is 0 Å². The van der Waals surface area contributed by atoms with E-state index in [1.54, 1.807) is 12.1 Å². The highest BCUT2D eigenvalue weighted by Gasteiger charge is 2.02. The van der Waals surface area contributed by atoms with E-state index in [0.29, 0.717) is 5.75 Å². The van der Waals surface area contributed by atoms with Crippen molar-refractivity contribution in [1.82, 2.24) is 5.48 Å². The first-order chi connectivity index (χ1) is 6.77. The third kappa shape index (κ3) is 2.73. The predicted molar refractivity (Wildman–Crippen MR) is 50.9 cm³/mol. The van der Waals surface area contributed by atoms with Crippen LogP contribution in [0, 0.1) is 11.3 Å². The van der Waals surface area contributed by atoms with Crippen molar-refractivity contribution in [3.05, 3.63) is 29.8 Å². The third-order valence-corrected chi connectivity index (χ3v) is 1.88. The summed E-state index contributed by atoms with van der Waals surface area (Å²) >= 11 is 0. The van der Waals surface area contributed by atoms with Crippen LogP contribution < -0.4 is 10.2 Å². The lowest BCUT2D eigenvalue weighted by Gasteiger charge is -2.09. The summed E-state index contributed by atoms with van der Waals surface area (Å²) in [5.74, 6) is 0.653. The highest BCUT2D eigenvalue weighted by Crippen LogP contribution is 2.16. The highest BCUT2D eigenvalue weighted by molar-refractivity contribution is 5.28. The smallest absolute Gasteiger partial charge is 0.174 e. The molecule has 4 heteroatoms. The molecule has 74 valence electrons. The second kappa shape index (κ2) is 5.22. The maximum Gasteiger partial charge on any atom is 0.174 e. The zero-order valence-electron chi connectivity index (χ0n) is 7.90. The van der Waals surface area contributed by atoms with Crippen LogP contribution in [-0.4, -0.2) is 11.8 Å². The molecule has 1 atom stereocenters. The molecule has 14 heavy (non-hydrogen) atoms. The maximum absolute atomic E-state index is 8.67. The summed E-state index contributed by atoms with van der Waals surface area (Å²) in [4.78, 5) is 0. The number of nitrogens with one attached hydrogen (secondary N) is 1. The summed E-state index contributed by atoms with van der Waals surface area (Å²) in [7, 11) is 0. The number of hydrogen-bond donors (Lipinski definition) is 2. The molecule has 1 aromatic rings. The molecule has 0 fully saturated rings. The van der Waals surface area contributed by atoms with E-state index in [2.05, 4.69) is 5.48 Å². The van der Waals surface area contributed by atoms with E-state index in [1.165, 1.54) is 0 Å². The highest BCUT2D eigenvalue weighted by atomic mass is 16.5. The van der Waals surface area contributed by atoms with E-state index in [4.69, 9.17) is 15.2 Å². The van der Waals surface area contributed by atoms with Gasteiger partial charge in [-0.05, 0) is 24.6 Å². The number of benzene rings is 1. The van der Waals surface area contributed by atoms with Crippen LogP contribution in [0.2, 0.25) is 0 Å². The first kappa shape index (κ1) is 10.5. The van der Waals surface area contributed by atoms with Crippen molar-refractivity contribution in [2.24, 2.45) is 0 Å². The van der Waals surface area contributed by atoms with Gasteiger partial charge in [-0.1, -0.05) is 12.1 Å². The van der Waals surface area contributed by atoms with Crippen LogP contribution in [0.15, 0.2) is 24.3 Å². The van der Waals surface area contributed by atoms with Gasteiger partial charge in [0.2, 0.25) is 0 Å². The van der Waals surface area contributed by atoms with E-state index in [1.807, 2.05) is 25.1 Å². The Bertz CT molecular complexity index is 316. The van der Waals surface area contributed by atoms with Crippen molar-refractivity contribution in [3.63, 3.8) is 0 Å². The van der Waals surface area contributed by atoms with Gasteiger partial charge in [0.25, 0.3) is 0 Å². The van der Waals surface area contributed by atoms with Crippen molar-refractivity contribution in [2.45, 2.75) is 13.0 Å². The molecule has 0 saturated carbocycles. The molecule has 0 aliphatic rings. The molecule has 0 heterocycles. The van der Waals surface area contributed by atoms with Gasteiger partial charge in [0, 0.05) is 0 Å².